The molecule has 4 aromatic rings. The Kier molecular flexibility index (Phi) is 4.48. The summed E-state index contributed by atoms with van der Waals surface area (Å²) in [6.07, 6.45) is 3.30. The quantitative estimate of drug-likeness (QED) is 0.452. The molecule has 2 atom stereocenters. The fourth-order valence-corrected chi connectivity index (χ4v) is 6.07. The molecule has 1 aromatic carbocycles. The van der Waals surface area contributed by atoms with Crippen molar-refractivity contribution in [2.24, 2.45) is 5.41 Å². The minimum atomic E-state index is -0.657. The maximum Gasteiger partial charge on any atom is 0.220 e. The van der Waals surface area contributed by atoms with Gasteiger partial charge in [-0.15, -0.1) is 5.10 Å². The predicted molar refractivity (Wildman–Crippen MR) is 120 cm³/mol. The number of aliphatic hydroxyl groups excluding tert-OH is 1. The third-order valence-electron chi connectivity index (χ3n) is 7.73. The smallest absolute Gasteiger partial charge is 0.220 e. The summed E-state index contributed by atoms with van der Waals surface area (Å²) in [4.78, 5) is 9.00. The molecule has 1 saturated carbocycles. The normalized spacial score (nSPS) is 22.2. The largest absolute Gasteiger partial charge is 0.437 e. The van der Waals surface area contributed by atoms with E-state index in [2.05, 4.69) is 29.0 Å². The Morgan fingerprint density at radius 2 is 1.82 bits per heavy atom. The van der Waals surface area contributed by atoms with Gasteiger partial charge >= 0.3 is 0 Å². The summed E-state index contributed by atoms with van der Waals surface area (Å²) in [6.45, 7) is 4.11. The number of fused-ring (bicyclic) bond motifs is 5. The summed E-state index contributed by atoms with van der Waals surface area (Å²) in [5, 5.41) is 18.1. The van der Waals surface area contributed by atoms with E-state index >= 15 is 0 Å². The van der Waals surface area contributed by atoms with Gasteiger partial charge in [-0.1, -0.05) is 26.0 Å². The lowest BCUT2D eigenvalue weighted by molar-refractivity contribution is 0.240. The molecule has 0 saturated heterocycles. The van der Waals surface area contributed by atoms with Crippen LogP contribution in [0.25, 0.3) is 22.7 Å². The average Bonchev–Trinajstić information content (AvgIpc) is 3.47. The molecule has 172 valence electrons. The van der Waals surface area contributed by atoms with E-state index in [4.69, 9.17) is 9.40 Å². The van der Waals surface area contributed by atoms with Crippen molar-refractivity contribution in [2.75, 3.05) is 0 Å². The number of rotatable bonds is 4. The second kappa shape index (κ2) is 7.24. The Hall–Kier alpha value is -3.52. The van der Waals surface area contributed by atoms with Crippen LogP contribution in [0.3, 0.4) is 0 Å². The van der Waals surface area contributed by atoms with E-state index in [0.717, 1.165) is 29.8 Å². The van der Waals surface area contributed by atoms with Crippen LogP contribution in [0.4, 0.5) is 8.78 Å². The first-order chi connectivity index (χ1) is 16.4. The fraction of sp³-hybridized carbons (Fsp3) is 0.308. The summed E-state index contributed by atoms with van der Waals surface area (Å²) >= 11 is 0. The van der Waals surface area contributed by atoms with Crippen molar-refractivity contribution >= 4 is 0 Å². The number of pyridine rings is 1. The average molecular weight is 460 g/mol. The topological polar surface area (TPSA) is 84.9 Å². The van der Waals surface area contributed by atoms with Crippen LogP contribution >= 0.6 is 0 Å². The standard InChI is InChI=1S/C26H22F2N4O2/c1-25(2)15-9-10-26(25,21-8-4-7-18(30-21)20-12-29-22(13-33)34-20)24-14(15)11-19(31-32-24)23-16(27)5-3-6-17(23)28/h3-8,11-12,15,33H,9-10,13H2,1-2H3/t15-,26-/m0/s1. The van der Waals surface area contributed by atoms with E-state index < -0.39 is 17.0 Å². The lowest BCUT2D eigenvalue weighted by atomic mass is 9.66. The lowest BCUT2D eigenvalue weighted by Crippen LogP contribution is -2.37. The number of oxazole rings is 1. The van der Waals surface area contributed by atoms with Crippen LogP contribution in [0.1, 0.15) is 55.4 Å². The summed E-state index contributed by atoms with van der Waals surface area (Å²) < 4.78 is 34.5. The van der Waals surface area contributed by atoms with Crippen molar-refractivity contribution < 1.29 is 18.3 Å². The molecule has 6 nitrogen and oxygen atoms in total. The molecule has 3 aromatic heterocycles. The van der Waals surface area contributed by atoms with E-state index in [1.54, 1.807) is 12.3 Å². The SMILES string of the molecule is CC1(C)[C@H]2CC[C@]1(c1cccc(-c3cnc(CO)o3)n1)c1nnc(-c3c(F)cccc3F)cc12. The van der Waals surface area contributed by atoms with Gasteiger partial charge in [-0.3, -0.25) is 0 Å². The Bertz CT molecular complexity index is 1410. The van der Waals surface area contributed by atoms with Gasteiger partial charge in [0.1, 0.15) is 23.9 Å². The Labute approximate surface area is 194 Å². The molecule has 0 unspecified atom stereocenters. The fourth-order valence-electron chi connectivity index (χ4n) is 6.07. The first-order valence-electron chi connectivity index (χ1n) is 11.2. The van der Waals surface area contributed by atoms with E-state index in [-0.39, 0.29) is 35.1 Å². The number of aliphatic hydroxyl groups is 1. The molecule has 1 N–H and O–H groups in total. The summed E-state index contributed by atoms with van der Waals surface area (Å²) in [7, 11) is 0. The van der Waals surface area contributed by atoms with Crippen LogP contribution in [0.2, 0.25) is 0 Å². The van der Waals surface area contributed by atoms with E-state index in [0.29, 0.717) is 11.5 Å². The molecule has 6 rings (SSSR count). The van der Waals surface area contributed by atoms with Crippen LogP contribution in [-0.4, -0.2) is 25.3 Å². The molecule has 0 amide bonds. The zero-order valence-corrected chi connectivity index (χ0v) is 18.7. The van der Waals surface area contributed by atoms with E-state index in [9.17, 15) is 13.9 Å². The molecule has 0 aliphatic heterocycles. The molecule has 8 heteroatoms. The maximum atomic E-state index is 14.5. The first-order valence-corrected chi connectivity index (χ1v) is 11.2. The zero-order valence-electron chi connectivity index (χ0n) is 18.7. The van der Waals surface area contributed by atoms with E-state index in [1.807, 2.05) is 18.2 Å². The number of hydrogen-bond donors (Lipinski definition) is 1. The molecular weight excluding hydrogens is 438 g/mol. The minimum absolute atomic E-state index is 0.155. The zero-order chi connectivity index (χ0) is 23.7. The van der Waals surface area contributed by atoms with Crippen LogP contribution in [0, 0.1) is 17.0 Å². The van der Waals surface area contributed by atoms with Gasteiger partial charge in [0.15, 0.2) is 5.76 Å². The second-order valence-corrected chi connectivity index (χ2v) is 9.53. The lowest BCUT2D eigenvalue weighted by Gasteiger charge is -2.37. The molecule has 3 heterocycles. The molecule has 1 fully saturated rings. The maximum absolute atomic E-state index is 14.5. The number of halogens is 2. The molecule has 2 aliphatic rings. The van der Waals surface area contributed by atoms with Crippen LogP contribution < -0.4 is 0 Å². The van der Waals surface area contributed by atoms with Gasteiger partial charge in [0.25, 0.3) is 0 Å². The van der Waals surface area contributed by atoms with Crippen molar-refractivity contribution in [3.8, 4) is 22.7 Å². The molecule has 0 radical (unpaired) electrons. The van der Waals surface area contributed by atoms with Crippen molar-refractivity contribution in [1.82, 2.24) is 20.2 Å². The van der Waals surface area contributed by atoms with Gasteiger partial charge in [0.2, 0.25) is 5.89 Å². The van der Waals surface area contributed by atoms with Gasteiger partial charge in [0.05, 0.1) is 34.3 Å². The highest BCUT2D eigenvalue weighted by atomic mass is 19.1. The first kappa shape index (κ1) is 21.0. The Morgan fingerprint density at radius 3 is 2.56 bits per heavy atom. The van der Waals surface area contributed by atoms with Crippen molar-refractivity contribution in [1.29, 1.82) is 0 Å². The molecule has 34 heavy (non-hydrogen) atoms. The predicted octanol–water partition coefficient (Wildman–Crippen LogP) is 5.17. The van der Waals surface area contributed by atoms with Crippen LogP contribution in [0.15, 0.2) is 53.1 Å². The summed E-state index contributed by atoms with van der Waals surface area (Å²) in [6, 6.07) is 11.3. The Balaban J connectivity index is 1.51. The summed E-state index contributed by atoms with van der Waals surface area (Å²) in [5.74, 6) is -0.454. The number of hydrogen-bond acceptors (Lipinski definition) is 6. The van der Waals surface area contributed by atoms with E-state index in [1.165, 1.54) is 18.2 Å². The minimum Gasteiger partial charge on any atom is -0.437 e. The van der Waals surface area contributed by atoms with Gasteiger partial charge in [0, 0.05) is 0 Å². The van der Waals surface area contributed by atoms with Crippen LogP contribution in [0.5, 0.6) is 0 Å². The highest BCUT2D eigenvalue weighted by Crippen LogP contribution is 2.69. The molecule has 2 aliphatic carbocycles. The third kappa shape index (κ3) is 2.69. The van der Waals surface area contributed by atoms with Gasteiger partial charge in [-0.25, -0.2) is 18.7 Å². The number of aromatic nitrogens is 4. The summed E-state index contributed by atoms with van der Waals surface area (Å²) in [5.41, 5.74) is 2.56. The number of nitrogens with zero attached hydrogens (tertiary/aromatic N) is 4. The van der Waals surface area contributed by atoms with Gasteiger partial charge in [-0.05, 0) is 60.1 Å². The Morgan fingerprint density at radius 1 is 1.06 bits per heavy atom. The second-order valence-electron chi connectivity index (χ2n) is 9.53. The van der Waals surface area contributed by atoms with Crippen LogP contribution in [-0.2, 0) is 12.0 Å². The molecular formula is C26H22F2N4O2. The third-order valence-corrected chi connectivity index (χ3v) is 7.73. The highest BCUT2D eigenvalue weighted by molar-refractivity contribution is 5.64. The van der Waals surface area contributed by atoms with Crippen molar-refractivity contribution in [3.63, 3.8) is 0 Å². The molecule has 0 spiro atoms. The highest BCUT2D eigenvalue weighted by Gasteiger charge is 2.65. The van der Waals surface area contributed by atoms with Crippen molar-refractivity contribution in [3.05, 3.63) is 83.1 Å². The van der Waals surface area contributed by atoms with Crippen molar-refractivity contribution in [2.45, 2.75) is 44.6 Å². The monoisotopic (exact) mass is 460 g/mol. The van der Waals surface area contributed by atoms with Gasteiger partial charge < -0.3 is 9.52 Å². The number of benzene rings is 1. The van der Waals surface area contributed by atoms with Gasteiger partial charge in [-0.2, -0.15) is 5.10 Å². The molecule has 2 bridgehead atoms.